The first kappa shape index (κ1) is 20.6. The lowest BCUT2D eigenvalue weighted by molar-refractivity contribution is -0.118. The van der Waals surface area contributed by atoms with Crippen molar-refractivity contribution in [2.24, 2.45) is 11.3 Å². The highest BCUT2D eigenvalue weighted by Gasteiger charge is 2.57. The van der Waals surface area contributed by atoms with Crippen LogP contribution in [0.1, 0.15) is 19.3 Å². The summed E-state index contributed by atoms with van der Waals surface area (Å²) in [6.45, 7) is 2.08. The second-order valence-corrected chi connectivity index (χ2v) is 7.54. The van der Waals surface area contributed by atoms with Gasteiger partial charge in [0.1, 0.15) is 5.82 Å². The lowest BCUT2D eigenvalue weighted by Gasteiger charge is -2.23. The number of carbonyl (C=O) groups excluding carboxylic acids is 1. The fourth-order valence-corrected chi connectivity index (χ4v) is 4.23. The molecule has 1 atom stereocenters. The molecule has 1 amide bonds. The molecule has 2 aromatic carbocycles. The van der Waals surface area contributed by atoms with Crippen LogP contribution in [0.25, 0.3) is 22.4 Å². The van der Waals surface area contributed by atoms with E-state index < -0.39 is 0 Å². The van der Waals surface area contributed by atoms with E-state index in [1.165, 1.54) is 0 Å². The van der Waals surface area contributed by atoms with E-state index in [9.17, 15) is 4.79 Å². The van der Waals surface area contributed by atoms with Crippen molar-refractivity contribution in [2.45, 2.75) is 19.3 Å². The van der Waals surface area contributed by atoms with Crippen molar-refractivity contribution in [3.63, 3.8) is 0 Å². The van der Waals surface area contributed by atoms with Gasteiger partial charge < -0.3 is 15.6 Å². The molecule has 1 aromatic heterocycles. The molecular weight excluding hydrogens is 395 g/mol. The molecule has 0 bridgehead atoms. The third kappa shape index (κ3) is 3.75. The van der Waals surface area contributed by atoms with Gasteiger partial charge in [0, 0.05) is 17.2 Å². The van der Waals surface area contributed by atoms with Crippen molar-refractivity contribution in [3.05, 3.63) is 48.5 Å². The van der Waals surface area contributed by atoms with Gasteiger partial charge in [0.15, 0.2) is 0 Å². The number of nitrogens with one attached hydrogen (secondary N) is 3. The molecule has 1 unspecified atom stereocenters. The van der Waals surface area contributed by atoms with Crippen LogP contribution in [0.3, 0.4) is 0 Å². The zero-order chi connectivity index (χ0) is 17.6. The monoisotopic (exact) mass is 418 g/mol. The average Bonchev–Trinajstić information content (AvgIpc) is 3.18. The van der Waals surface area contributed by atoms with Crippen LogP contribution in [-0.4, -0.2) is 29.0 Å². The van der Waals surface area contributed by atoms with Gasteiger partial charge in [-0.3, -0.25) is 4.79 Å². The number of nitrogens with zero attached hydrogens (tertiary/aromatic N) is 1. The number of anilines is 1. The van der Waals surface area contributed by atoms with Crippen molar-refractivity contribution in [3.8, 4) is 11.4 Å². The highest BCUT2D eigenvalue weighted by atomic mass is 35.5. The first-order chi connectivity index (χ1) is 12.7. The standard InChI is InChI=1S/C21H22N4O.2ClH/c26-20(16-13-21(16)9-11-22-12-10-21)23-15-7-5-14(6-8-15)19-24-17-3-1-2-4-18(17)25-19;;/h1-8,16,22H,9-13H2,(H,23,26)(H,24,25);2*1H. The summed E-state index contributed by atoms with van der Waals surface area (Å²) < 4.78 is 0. The molecule has 1 aliphatic heterocycles. The Balaban J connectivity index is 0.00000112. The molecule has 28 heavy (non-hydrogen) atoms. The third-order valence-corrected chi connectivity index (χ3v) is 5.92. The number of H-pyrrole nitrogens is 1. The summed E-state index contributed by atoms with van der Waals surface area (Å²) in [5.41, 5.74) is 4.12. The van der Waals surface area contributed by atoms with Gasteiger partial charge in [-0.25, -0.2) is 4.98 Å². The number of aromatic nitrogens is 2. The fourth-order valence-electron chi connectivity index (χ4n) is 4.23. The molecule has 5 nitrogen and oxygen atoms in total. The predicted molar refractivity (Wildman–Crippen MR) is 117 cm³/mol. The first-order valence-corrected chi connectivity index (χ1v) is 9.30. The van der Waals surface area contributed by atoms with E-state index in [0.29, 0.717) is 0 Å². The molecule has 148 valence electrons. The van der Waals surface area contributed by atoms with Gasteiger partial charge in [0.05, 0.1) is 11.0 Å². The Hall–Kier alpha value is -2.08. The van der Waals surface area contributed by atoms with Gasteiger partial charge in [0.2, 0.25) is 5.91 Å². The zero-order valence-corrected chi connectivity index (χ0v) is 17.0. The van der Waals surface area contributed by atoms with Gasteiger partial charge in [-0.15, -0.1) is 24.8 Å². The van der Waals surface area contributed by atoms with Crippen molar-refractivity contribution < 1.29 is 4.79 Å². The topological polar surface area (TPSA) is 69.8 Å². The van der Waals surface area contributed by atoms with Gasteiger partial charge in [0.25, 0.3) is 0 Å². The minimum Gasteiger partial charge on any atom is -0.338 e. The maximum Gasteiger partial charge on any atom is 0.228 e. The SMILES string of the molecule is Cl.Cl.O=C(Nc1ccc(-c2nc3ccccc3[nH]2)cc1)C1CC12CCNCC2. The molecule has 0 radical (unpaired) electrons. The number of carbonyl (C=O) groups is 1. The van der Waals surface area contributed by atoms with Crippen molar-refractivity contribution in [2.75, 3.05) is 18.4 Å². The smallest absolute Gasteiger partial charge is 0.228 e. The van der Waals surface area contributed by atoms with Crippen LogP contribution in [0.2, 0.25) is 0 Å². The Bertz CT molecular complexity index is 931. The lowest BCUT2D eigenvalue weighted by atomic mass is 9.92. The van der Waals surface area contributed by atoms with Crippen LogP contribution >= 0.6 is 24.8 Å². The molecule has 1 aliphatic carbocycles. The average molecular weight is 419 g/mol. The Morgan fingerprint density at radius 2 is 1.75 bits per heavy atom. The normalized spacial score (nSPS) is 19.5. The number of benzene rings is 2. The van der Waals surface area contributed by atoms with Crippen LogP contribution in [0.15, 0.2) is 48.5 Å². The van der Waals surface area contributed by atoms with Crippen LogP contribution < -0.4 is 10.6 Å². The Morgan fingerprint density at radius 1 is 1.04 bits per heavy atom. The highest BCUT2D eigenvalue weighted by Crippen LogP contribution is 2.58. The minimum absolute atomic E-state index is 0. The summed E-state index contributed by atoms with van der Waals surface area (Å²) in [5, 5.41) is 6.47. The van der Waals surface area contributed by atoms with Gasteiger partial charge in [-0.2, -0.15) is 0 Å². The van der Waals surface area contributed by atoms with E-state index in [-0.39, 0.29) is 42.1 Å². The van der Waals surface area contributed by atoms with E-state index in [1.54, 1.807) is 0 Å². The number of rotatable bonds is 3. The molecule has 2 aliphatic rings. The highest BCUT2D eigenvalue weighted by molar-refractivity contribution is 5.95. The lowest BCUT2D eigenvalue weighted by Crippen LogP contribution is -2.31. The number of halogens is 2. The number of aromatic amines is 1. The number of hydrogen-bond acceptors (Lipinski definition) is 3. The summed E-state index contributed by atoms with van der Waals surface area (Å²) in [6, 6.07) is 15.9. The number of piperidine rings is 1. The van der Waals surface area contributed by atoms with Gasteiger partial charge in [-0.05, 0) is 74.2 Å². The summed E-state index contributed by atoms with van der Waals surface area (Å²) in [5.74, 6) is 1.20. The second kappa shape index (κ2) is 8.11. The molecule has 1 saturated carbocycles. The maximum atomic E-state index is 12.6. The van der Waals surface area contributed by atoms with E-state index in [1.807, 2.05) is 48.5 Å². The number of amides is 1. The largest absolute Gasteiger partial charge is 0.338 e. The van der Waals surface area contributed by atoms with E-state index in [2.05, 4.69) is 20.6 Å². The Kier molecular flexibility index (Phi) is 5.98. The van der Waals surface area contributed by atoms with Crippen LogP contribution in [0.5, 0.6) is 0 Å². The van der Waals surface area contributed by atoms with Gasteiger partial charge in [-0.1, -0.05) is 12.1 Å². The predicted octanol–water partition coefficient (Wildman–Crippen LogP) is 4.40. The number of fused-ring (bicyclic) bond motifs is 1. The van der Waals surface area contributed by atoms with E-state index >= 15 is 0 Å². The van der Waals surface area contributed by atoms with E-state index in [0.717, 1.165) is 60.5 Å². The molecule has 1 saturated heterocycles. The first-order valence-electron chi connectivity index (χ1n) is 9.30. The maximum absolute atomic E-state index is 12.6. The van der Waals surface area contributed by atoms with Crippen LogP contribution in [0, 0.1) is 11.3 Å². The molecule has 7 heteroatoms. The van der Waals surface area contributed by atoms with Crippen molar-refractivity contribution >= 4 is 47.4 Å². The molecule has 5 rings (SSSR count). The molecule has 2 heterocycles. The summed E-state index contributed by atoms with van der Waals surface area (Å²) in [7, 11) is 0. The molecule has 2 fully saturated rings. The minimum atomic E-state index is 0. The van der Waals surface area contributed by atoms with Crippen LogP contribution in [-0.2, 0) is 4.79 Å². The summed E-state index contributed by atoms with van der Waals surface area (Å²) in [6.07, 6.45) is 3.28. The van der Waals surface area contributed by atoms with E-state index in [4.69, 9.17) is 0 Å². The summed E-state index contributed by atoms with van der Waals surface area (Å²) in [4.78, 5) is 20.5. The van der Waals surface area contributed by atoms with Gasteiger partial charge >= 0.3 is 0 Å². The molecule has 3 N–H and O–H groups in total. The second-order valence-electron chi connectivity index (χ2n) is 7.54. The molecule has 1 spiro atoms. The molecule has 3 aromatic rings. The van der Waals surface area contributed by atoms with Crippen molar-refractivity contribution in [1.82, 2.24) is 15.3 Å². The Morgan fingerprint density at radius 3 is 2.46 bits per heavy atom. The quantitative estimate of drug-likeness (QED) is 0.589. The third-order valence-electron chi connectivity index (χ3n) is 5.92. The van der Waals surface area contributed by atoms with Crippen molar-refractivity contribution in [1.29, 1.82) is 0 Å². The number of para-hydroxylation sites is 2. The molecular formula is C21H24Cl2N4O. The summed E-state index contributed by atoms with van der Waals surface area (Å²) >= 11 is 0. The zero-order valence-electron chi connectivity index (χ0n) is 15.4. The van der Waals surface area contributed by atoms with Crippen LogP contribution in [0.4, 0.5) is 5.69 Å². The fraction of sp³-hybridized carbons (Fsp3) is 0.333. The number of imidazole rings is 1. The Labute approximate surface area is 176 Å². The number of hydrogen-bond donors (Lipinski definition) is 3.